The van der Waals surface area contributed by atoms with Crippen molar-refractivity contribution in [1.82, 2.24) is 15.5 Å². The van der Waals surface area contributed by atoms with Gasteiger partial charge in [-0.1, -0.05) is 36.4 Å². The molecule has 2 aromatic carbocycles. The number of likely N-dealkylation sites (tertiary alicyclic amines) is 1. The number of piperidine rings is 1. The number of halogens is 1. The van der Waals surface area contributed by atoms with Crippen LogP contribution in [-0.4, -0.2) is 49.6 Å². The number of nitrogens with one attached hydrogen (secondary N) is 3. The second-order valence-electron chi connectivity index (χ2n) is 7.67. The van der Waals surface area contributed by atoms with Crippen molar-refractivity contribution in [2.24, 2.45) is 5.92 Å². The lowest BCUT2D eigenvalue weighted by Gasteiger charge is -2.32. The summed E-state index contributed by atoms with van der Waals surface area (Å²) in [7, 11) is 0. The lowest BCUT2D eigenvalue weighted by molar-refractivity contribution is -0.122. The van der Waals surface area contributed by atoms with Gasteiger partial charge < -0.3 is 16.0 Å². The number of nitrogens with zero attached hydrogens (tertiary/aromatic N) is 1. The van der Waals surface area contributed by atoms with E-state index in [1.165, 1.54) is 17.7 Å². The highest BCUT2D eigenvalue weighted by Gasteiger charge is 2.22. The van der Waals surface area contributed by atoms with Gasteiger partial charge in [0.05, 0.1) is 6.54 Å². The molecule has 1 atom stereocenters. The second kappa shape index (κ2) is 11.3. The first kappa shape index (κ1) is 21.8. The van der Waals surface area contributed by atoms with Crippen LogP contribution < -0.4 is 16.0 Å². The maximum absolute atomic E-state index is 13.2. The van der Waals surface area contributed by atoms with E-state index in [1.54, 1.807) is 12.1 Å². The Bertz CT molecular complexity index is 831. The summed E-state index contributed by atoms with van der Waals surface area (Å²) in [6.07, 6.45) is 2.82. The van der Waals surface area contributed by atoms with Crippen LogP contribution in [0.5, 0.6) is 0 Å². The van der Waals surface area contributed by atoms with Crippen molar-refractivity contribution in [3.8, 4) is 0 Å². The Balaban J connectivity index is 1.34. The highest BCUT2D eigenvalue weighted by molar-refractivity contribution is 5.89. The smallest absolute Gasteiger partial charge is 0.319 e. The van der Waals surface area contributed by atoms with E-state index in [9.17, 15) is 14.0 Å². The van der Waals surface area contributed by atoms with Crippen LogP contribution in [0.25, 0.3) is 0 Å². The number of hydrogen-bond acceptors (Lipinski definition) is 3. The SMILES string of the molecule is O=C(CN1CCCC(CNC(=O)Nc2cccc(F)c2)C1)NCCc1ccccc1. The minimum absolute atomic E-state index is 0.0309. The lowest BCUT2D eigenvalue weighted by Crippen LogP contribution is -2.45. The average molecular weight is 413 g/mol. The van der Waals surface area contributed by atoms with Crippen molar-refractivity contribution >= 4 is 17.6 Å². The maximum atomic E-state index is 13.2. The van der Waals surface area contributed by atoms with Crippen LogP contribution >= 0.6 is 0 Å². The zero-order chi connectivity index (χ0) is 21.2. The number of carbonyl (C=O) groups excluding carboxylic acids is 2. The predicted molar refractivity (Wildman–Crippen MR) is 116 cm³/mol. The van der Waals surface area contributed by atoms with E-state index in [4.69, 9.17) is 0 Å². The molecule has 7 heteroatoms. The zero-order valence-corrected chi connectivity index (χ0v) is 17.1. The molecule has 0 aromatic heterocycles. The fourth-order valence-electron chi connectivity index (χ4n) is 3.69. The van der Waals surface area contributed by atoms with E-state index in [-0.39, 0.29) is 17.9 Å². The van der Waals surface area contributed by atoms with Gasteiger partial charge >= 0.3 is 6.03 Å². The van der Waals surface area contributed by atoms with Gasteiger partial charge in [0.2, 0.25) is 5.91 Å². The molecule has 6 nitrogen and oxygen atoms in total. The third-order valence-corrected chi connectivity index (χ3v) is 5.18. The molecule has 1 aliphatic heterocycles. The van der Waals surface area contributed by atoms with Gasteiger partial charge in [0.15, 0.2) is 0 Å². The third-order valence-electron chi connectivity index (χ3n) is 5.18. The van der Waals surface area contributed by atoms with Crippen LogP contribution in [0.3, 0.4) is 0 Å². The summed E-state index contributed by atoms with van der Waals surface area (Å²) in [6.45, 7) is 3.18. The maximum Gasteiger partial charge on any atom is 0.319 e. The Morgan fingerprint density at radius 2 is 1.90 bits per heavy atom. The fourth-order valence-corrected chi connectivity index (χ4v) is 3.69. The molecule has 0 saturated carbocycles. The summed E-state index contributed by atoms with van der Waals surface area (Å²) in [4.78, 5) is 26.4. The van der Waals surface area contributed by atoms with Crippen LogP contribution in [0, 0.1) is 11.7 Å². The van der Waals surface area contributed by atoms with E-state index < -0.39 is 5.82 Å². The molecule has 3 amide bonds. The molecular weight excluding hydrogens is 383 g/mol. The number of benzene rings is 2. The number of rotatable bonds is 8. The molecule has 0 radical (unpaired) electrons. The van der Waals surface area contributed by atoms with E-state index >= 15 is 0 Å². The van der Waals surface area contributed by atoms with Crippen molar-refractivity contribution in [1.29, 1.82) is 0 Å². The van der Waals surface area contributed by atoms with Gasteiger partial charge in [-0.15, -0.1) is 0 Å². The van der Waals surface area contributed by atoms with Crippen molar-refractivity contribution in [2.75, 3.05) is 38.0 Å². The first-order valence-electron chi connectivity index (χ1n) is 10.4. The summed E-state index contributed by atoms with van der Waals surface area (Å²) in [5.41, 5.74) is 1.63. The lowest BCUT2D eigenvalue weighted by atomic mass is 9.98. The summed E-state index contributed by atoms with van der Waals surface area (Å²) in [5, 5.41) is 8.47. The first-order valence-corrected chi connectivity index (χ1v) is 10.4. The van der Waals surface area contributed by atoms with Crippen molar-refractivity contribution in [2.45, 2.75) is 19.3 Å². The number of anilines is 1. The molecule has 160 valence electrons. The van der Waals surface area contributed by atoms with Crippen molar-refractivity contribution in [3.05, 3.63) is 66.0 Å². The van der Waals surface area contributed by atoms with Crippen LogP contribution in [-0.2, 0) is 11.2 Å². The molecule has 0 bridgehead atoms. The van der Waals surface area contributed by atoms with Gasteiger partial charge in [-0.3, -0.25) is 9.69 Å². The molecule has 30 heavy (non-hydrogen) atoms. The zero-order valence-electron chi connectivity index (χ0n) is 17.1. The Labute approximate surface area is 176 Å². The largest absolute Gasteiger partial charge is 0.355 e. The quantitative estimate of drug-likeness (QED) is 0.624. The van der Waals surface area contributed by atoms with E-state index in [0.717, 1.165) is 32.4 Å². The van der Waals surface area contributed by atoms with Gasteiger partial charge in [0.1, 0.15) is 5.82 Å². The highest BCUT2D eigenvalue weighted by atomic mass is 19.1. The molecular formula is C23H29FN4O2. The number of urea groups is 1. The van der Waals surface area contributed by atoms with Crippen LogP contribution in [0.2, 0.25) is 0 Å². The molecule has 1 aliphatic rings. The molecule has 1 saturated heterocycles. The monoisotopic (exact) mass is 412 g/mol. The van der Waals surface area contributed by atoms with Crippen molar-refractivity contribution in [3.63, 3.8) is 0 Å². The van der Waals surface area contributed by atoms with Gasteiger partial charge in [-0.25, -0.2) is 9.18 Å². The molecule has 3 N–H and O–H groups in total. The molecule has 1 unspecified atom stereocenters. The Morgan fingerprint density at radius 3 is 2.70 bits per heavy atom. The molecule has 0 aliphatic carbocycles. The first-order chi connectivity index (χ1) is 14.6. The van der Waals surface area contributed by atoms with Gasteiger partial charge in [-0.2, -0.15) is 0 Å². The van der Waals surface area contributed by atoms with Crippen molar-refractivity contribution < 1.29 is 14.0 Å². The molecule has 2 aromatic rings. The summed E-state index contributed by atoms with van der Waals surface area (Å²) >= 11 is 0. The molecule has 3 rings (SSSR count). The summed E-state index contributed by atoms with van der Waals surface area (Å²) in [5.74, 6) is -0.0738. The van der Waals surface area contributed by atoms with Gasteiger partial charge in [0.25, 0.3) is 0 Å². The Morgan fingerprint density at radius 1 is 1.07 bits per heavy atom. The standard InChI is InChI=1S/C23H29FN4O2/c24-20-9-4-10-21(14-20)27-23(30)26-15-19-8-5-13-28(16-19)17-22(29)25-12-11-18-6-2-1-3-7-18/h1-4,6-7,9-10,14,19H,5,8,11-13,15-17H2,(H,25,29)(H2,26,27,30). The Kier molecular flexibility index (Phi) is 8.20. The average Bonchev–Trinajstić information content (AvgIpc) is 2.73. The van der Waals surface area contributed by atoms with Crippen LogP contribution in [0.15, 0.2) is 54.6 Å². The molecule has 1 heterocycles. The minimum Gasteiger partial charge on any atom is -0.355 e. The highest BCUT2D eigenvalue weighted by Crippen LogP contribution is 2.15. The summed E-state index contributed by atoms with van der Waals surface area (Å²) < 4.78 is 13.2. The van der Waals surface area contributed by atoms with E-state index in [0.29, 0.717) is 25.3 Å². The third kappa shape index (κ3) is 7.48. The summed E-state index contributed by atoms with van der Waals surface area (Å²) in [6, 6.07) is 15.5. The second-order valence-corrected chi connectivity index (χ2v) is 7.67. The Hall–Kier alpha value is -2.93. The number of amides is 3. The topological polar surface area (TPSA) is 73.5 Å². The van der Waals surface area contributed by atoms with E-state index in [1.807, 2.05) is 18.2 Å². The number of carbonyl (C=O) groups is 2. The van der Waals surface area contributed by atoms with Gasteiger partial charge in [-0.05, 0) is 55.5 Å². The van der Waals surface area contributed by atoms with Gasteiger partial charge in [0, 0.05) is 25.3 Å². The van der Waals surface area contributed by atoms with E-state index in [2.05, 4.69) is 33.0 Å². The predicted octanol–water partition coefficient (Wildman–Crippen LogP) is 3.02. The molecule has 1 fully saturated rings. The number of hydrogen-bond donors (Lipinski definition) is 3. The minimum atomic E-state index is -0.391. The molecule has 0 spiro atoms. The van der Waals surface area contributed by atoms with Crippen LogP contribution in [0.4, 0.5) is 14.9 Å². The fraction of sp³-hybridized carbons (Fsp3) is 0.391. The normalized spacial score (nSPS) is 16.6. The van der Waals surface area contributed by atoms with Crippen LogP contribution in [0.1, 0.15) is 18.4 Å².